The van der Waals surface area contributed by atoms with Gasteiger partial charge in [-0.3, -0.25) is 0 Å². The van der Waals surface area contributed by atoms with Gasteiger partial charge in [0, 0.05) is 12.3 Å². The molecular formula is C13H21NO2. The standard InChI is InChI=1S/C13H21NO2/c1-2-3-4-8-16-10-13(15)11-6-5-7-12(14)9-11/h5-7,9,13,15H,2-4,8,10,14H2,1H3. The Bertz CT molecular complexity index is 302. The third kappa shape index (κ3) is 4.64. The topological polar surface area (TPSA) is 55.5 Å². The van der Waals surface area contributed by atoms with Gasteiger partial charge in [0.2, 0.25) is 0 Å². The Balaban J connectivity index is 2.27. The molecule has 0 spiro atoms. The Kier molecular flexibility index (Phi) is 5.90. The number of ether oxygens (including phenoxy) is 1. The van der Waals surface area contributed by atoms with Gasteiger partial charge in [-0.2, -0.15) is 0 Å². The SMILES string of the molecule is CCCCCOCC(O)c1cccc(N)c1. The molecule has 3 N–H and O–H groups in total. The monoisotopic (exact) mass is 223 g/mol. The molecule has 0 fully saturated rings. The van der Waals surface area contributed by atoms with E-state index in [9.17, 15) is 5.11 Å². The Morgan fingerprint density at radius 3 is 2.88 bits per heavy atom. The number of benzene rings is 1. The number of nitrogen functional groups attached to an aromatic ring is 1. The lowest BCUT2D eigenvalue weighted by Gasteiger charge is -2.12. The number of hydrogen-bond donors (Lipinski definition) is 2. The molecular weight excluding hydrogens is 202 g/mol. The van der Waals surface area contributed by atoms with Crippen LogP contribution in [0.4, 0.5) is 5.69 Å². The van der Waals surface area contributed by atoms with Gasteiger partial charge in [0.1, 0.15) is 6.10 Å². The number of hydrogen-bond acceptors (Lipinski definition) is 3. The van der Waals surface area contributed by atoms with E-state index in [0.717, 1.165) is 12.0 Å². The first kappa shape index (κ1) is 13.0. The average Bonchev–Trinajstić information content (AvgIpc) is 2.28. The van der Waals surface area contributed by atoms with Gasteiger partial charge in [0.05, 0.1) is 6.61 Å². The highest BCUT2D eigenvalue weighted by molar-refractivity contribution is 5.41. The molecule has 3 nitrogen and oxygen atoms in total. The summed E-state index contributed by atoms with van der Waals surface area (Å²) in [6, 6.07) is 7.28. The van der Waals surface area contributed by atoms with E-state index in [0.29, 0.717) is 18.9 Å². The van der Waals surface area contributed by atoms with E-state index < -0.39 is 6.10 Å². The number of unbranched alkanes of at least 4 members (excludes halogenated alkanes) is 2. The van der Waals surface area contributed by atoms with Crippen molar-refractivity contribution in [1.82, 2.24) is 0 Å². The molecule has 1 aromatic rings. The van der Waals surface area contributed by atoms with E-state index in [1.54, 1.807) is 12.1 Å². The van der Waals surface area contributed by atoms with E-state index in [-0.39, 0.29) is 0 Å². The summed E-state index contributed by atoms with van der Waals surface area (Å²) in [5, 5.41) is 9.82. The number of aliphatic hydroxyl groups excluding tert-OH is 1. The summed E-state index contributed by atoms with van der Waals surface area (Å²) in [5.74, 6) is 0. The minimum absolute atomic E-state index is 0.340. The van der Waals surface area contributed by atoms with Gasteiger partial charge in [-0.25, -0.2) is 0 Å². The summed E-state index contributed by atoms with van der Waals surface area (Å²) in [5.41, 5.74) is 7.12. The van der Waals surface area contributed by atoms with Gasteiger partial charge in [-0.1, -0.05) is 31.9 Å². The number of anilines is 1. The Hall–Kier alpha value is -1.06. The van der Waals surface area contributed by atoms with Gasteiger partial charge in [-0.05, 0) is 24.1 Å². The summed E-state index contributed by atoms with van der Waals surface area (Å²) in [6.45, 7) is 3.21. The van der Waals surface area contributed by atoms with Crippen LogP contribution >= 0.6 is 0 Å². The van der Waals surface area contributed by atoms with Crippen LogP contribution in [0, 0.1) is 0 Å². The molecule has 0 aliphatic heterocycles. The lowest BCUT2D eigenvalue weighted by atomic mass is 10.1. The predicted molar refractivity (Wildman–Crippen MR) is 66.2 cm³/mol. The van der Waals surface area contributed by atoms with Crippen LogP contribution in [0.5, 0.6) is 0 Å². The van der Waals surface area contributed by atoms with Gasteiger partial charge >= 0.3 is 0 Å². The highest BCUT2D eigenvalue weighted by atomic mass is 16.5. The van der Waals surface area contributed by atoms with E-state index >= 15 is 0 Å². The maximum atomic E-state index is 9.82. The summed E-state index contributed by atoms with van der Waals surface area (Å²) < 4.78 is 5.40. The van der Waals surface area contributed by atoms with Crippen LogP contribution in [0.25, 0.3) is 0 Å². The van der Waals surface area contributed by atoms with Crippen LogP contribution in [0.15, 0.2) is 24.3 Å². The van der Waals surface area contributed by atoms with Crippen LogP contribution in [-0.4, -0.2) is 18.3 Å². The molecule has 0 bridgehead atoms. The summed E-state index contributed by atoms with van der Waals surface area (Å²) >= 11 is 0. The molecule has 0 saturated carbocycles. The zero-order chi connectivity index (χ0) is 11.8. The van der Waals surface area contributed by atoms with Crippen molar-refractivity contribution in [1.29, 1.82) is 0 Å². The van der Waals surface area contributed by atoms with Gasteiger partial charge < -0.3 is 15.6 Å². The number of aliphatic hydroxyl groups is 1. The molecule has 0 aromatic heterocycles. The molecule has 1 aromatic carbocycles. The fourth-order valence-corrected chi connectivity index (χ4v) is 1.51. The van der Waals surface area contributed by atoms with Crippen molar-refractivity contribution >= 4 is 5.69 Å². The average molecular weight is 223 g/mol. The predicted octanol–water partition coefficient (Wildman–Crippen LogP) is 2.51. The smallest absolute Gasteiger partial charge is 0.102 e. The number of nitrogens with two attached hydrogens (primary N) is 1. The largest absolute Gasteiger partial charge is 0.399 e. The normalized spacial score (nSPS) is 12.6. The molecule has 90 valence electrons. The quantitative estimate of drug-likeness (QED) is 0.551. The maximum absolute atomic E-state index is 9.82. The minimum atomic E-state index is -0.579. The van der Waals surface area contributed by atoms with Crippen molar-refractivity contribution in [3.05, 3.63) is 29.8 Å². The van der Waals surface area contributed by atoms with Crippen LogP contribution in [0.1, 0.15) is 37.9 Å². The first-order valence-electron chi connectivity index (χ1n) is 5.85. The Morgan fingerprint density at radius 2 is 2.19 bits per heavy atom. The third-order valence-corrected chi connectivity index (χ3v) is 2.46. The van der Waals surface area contributed by atoms with Crippen molar-refractivity contribution in [3.8, 4) is 0 Å². The van der Waals surface area contributed by atoms with Crippen LogP contribution in [-0.2, 0) is 4.74 Å². The fraction of sp³-hybridized carbons (Fsp3) is 0.538. The summed E-state index contributed by atoms with van der Waals surface area (Å²) in [6.07, 6.45) is 2.83. The van der Waals surface area contributed by atoms with Gasteiger partial charge in [0.25, 0.3) is 0 Å². The molecule has 0 radical (unpaired) electrons. The first-order chi connectivity index (χ1) is 7.74. The zero-order valence-electron chi connectivity index (χ0n) is 9.86. The van der Waals surface area contributed by atoms with E-state index in [1.165, 1.54) is 12.8 Å². The lowest BCUT2D eigenvalue weighted by molar-refractivity contribution is 0.0346. The highest BCUT2D eigenvalue weighted by Crippen LogP contribution is 2.16. The Morgan fingerprint density at radius 1 is 1.38 bits per heavy atom. The van der Waals surface area contributed by atoms with Gasteiger partial charge in [-0.15, -0.1) is 0 Å². The highest BCUT2D eigenvalue weighted by Gasteiger charge is 2.07. The summed E-state index contributed by atoms with van der Waals surface area (Å²) in [4.78, 5) is 0. The second-order valence-electron chi connectivity index (χ2n) is 3.97. The molecule has 0 aliphatic carbocycles. The molecule has 3 heteroatoms. The second kappa shape index (κ2) is 7.25. The van der Waals surface area contributed by atoms with Crippen molar-refractivity contribution in [2.45, 2.75) is 32.3 Å². The molecule has 1 rings (SSSR count). The van der Waals surface area contributed by atoms with Gasteiger partial charge in [0.15, 0.2) is 0 Å². The van der Waals surface area contributed by atoms with E-state index in [1.807, 2.05) is 12.1 Å². The van der Waals surface area contributed by atoms with Crippen molar-refractivity contribution in [2.24, 2.45) is 0 Å². The van der Waals surface area contributed by atoms with Crippen LogP contribution < -0.4 is 5.73 Å². The molecule has 0 aliphatic rings. The lowest BCUT2D eigenvalue weighted by Crippen LogP contribution is -2.08. The molecule has 1 unspecified atom stereocenters. The second-order valence-corrected chi connectivity index (χ2v) is 3.97. The molecule has 16 heavy (non-hydrogen) atoms. The van der Waals surface area contributed by atoms with Crippen LogP contribution in [0.3, 0.4) is 0 Å². The fourth-order valence-electron chi connectivity index (χ4n) is 1.51. The maximum Gasteiger partial charge on any atom is 0.102 e. The van der Waals surface area contributed by atoms with Crippen molar-refractivity contribution in [3.63, 3.8) is 0 Å². The van der Waals surface area contributed by atoms with Crippen molar-refractivity contribution in [2.75, 3.05) is 18.9 Å². The van der Waals surface area contributed by atoms with E-state index in [2.05, 4.69) is 6.92 Å². The zero-order valence-corrected chi connectivity index (χ0v) is 9.86. The molecule has 1 atom stereocenters. The molecule has 0 heterocycles. The third-order valence-electron chi connectivity index (χ3n) is 2.46. The van der Waals surface area contributed by atoms with E-state index in [4.69, 9.17) is 10.5 Å². The van der Waals surface area contributed by atoms with Crippen LogP contribution in [0.2, 0.25) is 0 Å². The number of rotatable bonds is 7. The molecule has 0 amide bonds. The van der Waals surface area contributed by atoms with Crippen molar-refractivity contribution < 1.29 is 9.84 Å². The first-order valence-corrected chi connectivity index (χ1v) is 5.85. The minimum Gasteiger partial charge on any atom is -0.399 e. The Labute approximate surface area is 97.2 Å². The summed E-state index contributed by atoms with van der Waals surface area (Å²) in [7, 11) is 0. The molecule has 0 saturated heterocycles.